The molecule has 0 bridgehead atoms. The molecular weight excluding hydrogens is 336 g/mol. The quantitative estimate of drug-likeness (QED) is 0.548. The van der Waals surface area contributed by atoms with Crippen molar-refractivity contribution in [3.63, 3.8) is 0 Å². The summed E-state index contributed by atoms with van der Waals surface area (Å²) in [5.74, 6) is 0.0433. The lowest BCUT2D eigenvalue weighted by atomic mass is 9.96. The number of imidazole rings is 1. The van der Waals surface area contributed by atoms with Crippen molar-refractivity contribution in [3.8, 4) is 0 Å². The molecule has 5 nitrogen and oxygen atoms in total. The lowest BCUT2D eigenvalue weighted by Crippen LogP contribution is -2.29. The number of carbonyl (C=O) groups is 1. The Morgan fingerprint density at radius 1 is 1.00 bits per heavy atom. The van der Waals surface area contributed by atoms with Gasteiger partial charge in [0.05, 0.1) is 18.8 Å². The molecule has 1 amide bonds. The summed E-state index contributed by atoms with van der Waals surface area (Å²) in [6, 6.07) is 18.6. The molecule has 1 atom stereocenters. The lowest BCUT2D eigenvalue weighted by Gasteiger charge is -2.21. The summed E-state index contributed by atoms with van der Waals surface area (Å²) >= 11 is 0. The molecule has 5 heteroatoms. The van der Waals surface area contributed by atoms with Crippen LogP contribution in [0.15, 0.2) is 85.7 Å². The molecule has 0 unspecified atom stereocenters. The van der Waals surface area contributed by atoms with Gasteiger partial charge in [0.15, 0.2) is 0 Å². The first-order chi connectivity index (χ1) is 13.3. The van der Waals surface area contributed by atoms with Gasteiger partial charge in [0.1, 0.15) is 0 Å². The van der Waals surface area contributed by atoms with E-state index in [1.165, 1.54) is 10.8 Å². The second-order valence-corrected chi connectivity index (χ2v) is 6.57. The van der Waals surface area contributed by atoms with E-state index in [1.807, 2.05) is 47.4 Å². The van der Waals surface area contributed by atoms with Gasteiger partial charge in [-0.15, -0.1) is 0 Å². The lowest BCUT2D eigenvalue weighted by molar-refractivity contribution is -0.121. The largest absolute Gasteiger partial charge is 0.354 e. The van der Waals surface area contributed by atoms with Crippen LogP contribution in [0.5, 0.6) is 0 Å². The number of hydrogen-bond donors (Lipinski definition) is 1. The number of fused-ring (bicyclic) bond motifs is 1. The van der Waals surface area contributed by atoms with Gasteiger partial charge < -0.3 is 14.5 Å². The third kappa shape index (κ3) is 3.92. The van der Waals surface area contributed by atoms with Crippen LogP contribution in [-0.4, -0.2) is 26.6 Å². The zero-order chi connectivity index (χ0) is 18.5. The molecule has 0 saturated heterocycles. The molecule has 0 radical (unpaired) electrons. The number of nitrogens with zero attached hydrogens (tertiary/aromatic N) is 3. The van der Waals surface area contributed by atoms with E-state index < -0.39 is 0 Å². The number of nitrogens with one attached hydrogen (secondary N) is 1. The van der Waals surface area contributed by atoms with E-state index in [-0.39, 0.29) is 11.9 Å². The Morgan fingerprint density at radius 2 is 1.81 bits per heavy atom. The van der Waals surface area contributed by atoms with Crippen molar-refractivity contribution in [3.05, 3.63) is 91.3 Å². The molecule has 2 heterocycles. The van der Waals surface area contributed by atoms with E-state index in [0.29, 0.717) is 19.5 Å². The number of aromatic nitrogens is 3. The molecule has 4 rings (SSSR count). The number of rotatable bonds is 7. The van der Waals surface area contributed by atoms with Crippen molar-refractivity contribution in [1.82, 2.24) is 19.4 Å². The van der Waals surface area contributed by atoms with Crippen LogP contribution in [0.3, 0.4) is 0 Å². The number of hydrogen-bond acceptors (Lipinski definition) is 2. The van der Waals surface area contributed by atoms with Crippen molar-refractivity contribution < 1.29 is 4.79 Å². The standard InChI is InChI=1S/C22H22N4O/c27-22(24-11-15-25-14-10-23-17-25)16-21(26-12-3-4-13-26)20-9-5-7-18-6-1-2-8-19(18)20/h1-10,12-14,17,21H,11,15-16H2,(H,24,27)/t21-/m0/s1. The van der Waals surface area contributed by atoms with Gasteiger partial charge in [0.25, 0.3) is 0 Å². The summed E-state index contributed by atoms with van der Waals surface area (Å²) in [5.41, 5.74) is 1.16. The van der Waals surface area contributed by atoms with Gasteiger partial charge in [-0.3, -0.25) is 4.79 Å². The topological polar surface area (TPSA) is 51.9 Å². The Labute approximate surface area is 158 Å². The highest BCUT2D eigenvalue weighted by molar-refractivity contribution is 5.87. The smallest absolute Gasteiger partial charge is 0.222 e. The highest BCUT2D eigenvalue weighted by Crippen LogP contribution is 2.29. The Bertz CT molecular complexity index is 1000. The molecular formula is C22H22N4O. The summed E-state index contributed by atoms with van der Waals surface area (Å²) in [7, 11) is 0. The second-order valence-electron chi connectivity index (χ2n) is 6.57. The fraction of sp³-hybridized carbons (Fsp3) is 0.182. The predicted molar refractivity (Wildman–Crippen MR) is 106 cm³/mol. The highest BCUT2D eigenvalue weighted by Gasteiger charge is 2.19. The Kier molecular flexibility index (Phi) is 5.01. The fourth-order valence-electron chi connectivity index (χ4n) is 3.46. The fourth-order valence-corrected chi connectivity index (χ4v) is 3.46. The first kappa shape index (κ1) is 17.1. The van der Waals surface area contributed by atoms with Crippen molar-refractivity contribution in [1.29, 1.82) is 0 Å². The van der Waals surface area contributed by atoms with Crippen LogP contribution in [0.4, 0.5) is 0 Å². The maximum absolute atomic E-state index is 12.6. The van der Waals surface area contributed by atoms with E-state index in [4.69, 9.17) is 0 Å². The minimum atomic E-state index is -0.0423. The van der Waals surface area contributed by atoms with Crippen molar-refractivity contribution in [2.24, 2.45) is 0 Å². The second kappa shape index (κ2) is 7.91. The molecule has 0 aliphatic heterocycles. The maximum atomic E-state index is 12.6. The minimum absolute atomic E-state index is 0.0423. The van der Waals surface area contributed by atoms with Gasteiger partial charge in [0.2, 0.25) is 5.91 Å². The van der Waals surface area contributed by atoms with Crippen molar-refractivity contribution >= 4 is 16.7 Å². The average Bonchev–Trinajstić information content (AvgIpc) is 3.40. The summed E-state index contributed by atoms with van der Waals surface area (Å²) in [6.45, 7) is 1.30. The Balaban J connectivity index is 1.54. The number of carbonyl (C=O) groups excluding carboxylic acids is 1. The minimum Gasteiger partial charge on any atom is -0.354 e. The zero-order valence-electron chi connectivity index (χ0n) is 15.0. The van der Waals surface area contributed by atoms with E-state index in [9.17, 15) is 4.79 Å². The van der Waals surface area contributed by atoms with Gasteiger partial charge >= 0.3 is 0 Å². The number of benzene rings is 2. The molecule has 0 aliphatic rings. The van der Waals surface area contributed by atoms with Crippen molar-refractivity contribution in [2.75, 3.05) is 6.54 Å². The predicted octanol–water partition coefficient (Wildman–Crippen LogP) is 3.63. The van der Waals surface area contributed by atoms with Crippen LogP contribution in [0, 0.1) is 0 Å². The maximum Gasteiger partial charge on any atom is 0.222 e. The first-order valence-electron chi connectivity index (χ1n) is 9.14. The third-order valence-corrected chi connectivity index (χ3v) is 4.80. The van der Waals surface area contributed by atoms with Crippen LogP contribution in [0.25, 0.3) is 10.8 Å². The highest BCUT2D eigenvalue weighted by atomic mass is 16.1. The Morgan fingerprint density at radius 3 is 2.63 bits per heavy atom. The van der Waals surface area contributed by atoms with Gasteiger partial charge in [-0.05, 0) is 28.5 Å². The van der Waals surface area contributed by atoms with E-state index in [2.05, 4.69) is 45.2 Å². The molecule has 27 heavy (non-hydrogen) atoms. The van der Waals surface area contributed by atoms with Gasteiger partial charge in [-0.1, -0.05) is 42.5 Å². The van der Waals surface area contributed by atoms with E-state index >= 15 is 0 Å². The molecule has 0 fully saturated rings. The molecule has 0 aliphatic carbocycles. The molecule has 0 saturated carbocycles. The van der Waals surface area contributed by atoms with Gasteiger partial charge in [-0.25, -0.2) is 4.98 Å². The molecule has 0 spiro atoms. The van der Waals surface area contributed by atoms with Crippen molar-refractivity contribution in [2.45, 2.75) is 19.0 Å². The summed E-state index contributed by atoms with van der Waals surface area (Å²) in [6.07, 6.45) is 9.82. The van der Waals surface area contributed by atoms with E-state index in [1.54, 1.807) is 12.5 Å². The number of amides is 1. The van der Waals surface area contributed by atoms with Crippen LogP contribution in [0.1, 0.15) is 18.0 Å². The summed E-state index contributed by atoms with van der Waals surface area (Å²) in [5, 5.41) is 5.40. The van der Waals surface area contributed by atoms with Crippen LogP contribution in [0.2, 0.25) is 0 Å². The van der Waals surface area contributed by atoms with E-state index in [0.717, 1.165) is 5.56 Å². The molecule has 4 aromatic rings. The molecule has 1 N–H and O–H groups in total. The SMILES string of the molecule is O=C(C[C@@H](c1cccc2ccccc12)n1cccc1)NCCn1ccnc1. The van der Waals surface area contributed by atoms with Gasteiger partial charge in [0, 0.05) is 37.9 Å². The molecule has 136 valence electrons. The molecule has 2 aromatic carbocycles. The van der Waals surface area contributed by atoms with Gasteiger partial charge in [-0.2, -0.15) is 0 Å². The summed E-state index contributed by atoms with van der Waals surface area (Å²) in [4.78, 5) is 16.7. The monoisotopic (exact) mass is 358 g/mol. The van der Waals surface area contributed by atoms with Crippen LogP contribution >= 0.6 is 0 Å². The third-order valence-electron chi connectivity index (χ3n) is 4.80. The normalized spacial score (nSPS) is 12.1. The molecule has 2 aromatic heterocycles. The Hall–Kier alpha value is -3.34. The summed E-state index contributed by atoms with van der Waals surface area (Å²) < 4.78 is 4.06. The van der Waals surface area contributed by atoms with Crippen LogP contribution < -0.4 is 5.32 Å². The zero-order valence-corrected chi connectivity index (χ0v) is 15.0. The van der Waals surface area contributed by atoms with Crippen LogP contribution in [-0.2, 0) is 11.3 Å². The first-order valence-corrected chi connectivity index (χ1v) is 9.14. The average molecular weight is 358 g/mol.